The van der Waals surface area contributed by atoms with E-state index in [0.29, 0.717) is 20.8 Å². The molecule has 0 unspecified atom stereocenters. The van der Waals surface area contributed by atoms with E-state index in [4.69, 9.17) is 40.4 Å². The second-order valence-corrected chi connectivity index (χ2v) is 12.3. The number of phenolic OH excluding ortho intramolecular Hbond substituents is 1. The predicted molar refractivity (Wildman–Crippen MR) is 172 cm³/mol. The van der Waals surface area contributed by atoms with Crippen molar-refractivity contribution in [2.75, 3.05) is 22.9 Å². The lowest BCUT2D eigenvalue weighted by Crippen LogP contribution is -2.33. The number of aromatic nitrogens is 2. The quantitative estimate of drug-likeness (QED) is 0.225. The lowest BCUT2D eigenvalue weighted by molar-refractivity contribution is 0.438. The van der Waals surface area contributed by atoms with Crippen LogP contribution >= 0.6 is 35.4 Å². The van der Waals surface area contributed by atoms with Crippen LogP contribution in [0.25, 0.3) is 5.69 Å². The zero-order valence-corrected chi connectivity index (χ0v) is 25.6. The molecule has 4 heterocycles. The molecule has 0 radical (unpaired) electrons. The number of aromatic hydroxyl groups is 1. The Labute approximate surface area is 256 Å². The second kappa shape index (κ2) is 11.2. The van der Waals surface area contributed by atoms with Crippen LogP contribution in [-0.4, -0.2) is 32.9 Å². The number of rotatable bonds is 5. The van der Waals surface area contributed by atoms with Crippen molar-refractivity contribution in [2.45, 2.75) is 45.7 Å². The van der Waals surface area contributed by atoms with E-state index in [-0.39, 0.29) is 17.8 Å². The lowest BCUT2D eigenvalue weighted by Gasteiger charge is -2.33. The summed E-state index contributed by atoms with van der Waals surface area (Å²) in [5.74, 6) is 0.907. The van der Waals surface area contributed by atoms with Crippen molar-refractivity contribution in [1.29, 1.82) is 0 Å². The highest BCUT2D eigenvalue weighted by atomic mass is 35.5. The van der Waals surface area contributed by atoms with Crippen LogP contribution < -0.4 is 15.1 Å². The molecule has 6 rings (SSSR count). The van der Waals surface area contributed by atoms with Crippen LogP contribution in [0.1, 0.15) is 54.5 Å². The standard InChI is InChI=1S/C32H33Cl2N5OS/c1-19-11-14-37(15-12-19)27-9-8-23(18-25(27)34)39-31(30(36-32(39)41)26-6-4-5-13-35-26)24-16-20(2)38(21(24)3)28-17-22(33)7-10-29(28)40/h4-10,13,16-19,30-31,40H,11-12,14-15H2,1-3H3,(H,36,41)/t30-,31-/m1/s1. The third-order valence-corrected chi connectivity index (χ3v) is 9.25. The summed E-state index contributed by atoms with van der Waals surface area (Å²) in [6.07, 6.45) is 4.14. The van der Waals surface area contributed by atoms with Crippen molar-refractivity contribution in [2.24, 2.45) is 5.92 Å². The molecule has 2 aromatic heterocycles. The number of halogens is 2. The van der Waals surface area contributed by atoms with Gasteiger partial charge in [0.25, 0.3) is 0 Å². The highest BCUT2D eigenvalue weighted by Gasteiger charge is 2.42. The minimum absolute atomic E-state index is 0.162. The fraction of sp³-hybridized carbons (Fsp3) is 0.312. The molecule has 2 saturated heterocycles. The summed E-state index contributed by atoms with van der Waals surface area (Å²) in [6, 6.07) is 19.0. The fourth-order valence-corrected chi connectivity index (χ4v) is 7.04. The van der Waals surface area contributed by atoms with Crippen molar-refractivity contribution in [3.05, 3.63) is 99.6 Å². The first-order valence-corrected chi connectivity index (χ1v) is 15.1. The zero-order valence-electron chi connectivity index (χ0n) is 23.3. The van der Waals surface area contributed by atoms with E-state index in [9.17, 15) is 5.11 Å². The van der Waals surface area contributed by atoms with Crippen molar-refractivity contribution in [3.63, 3.8) is 0 Å². The molecule has 2 fully saturated rings. The van der Waals surface area contributed by atoms with Crippen molar-refractivity contribution in [1.82, 2.24) is 14.9 Å². The molecule has 9 heteroatoms. The number of thiocarbonyl (C=S) groups is 1. The summed E-state index contributed by atoms with van der Waals surface area (Å²) in [5.41, 5.74) is 6.52. The summed E-state index contributed by atoms with van der Waals surface area (Å²) >= 11 is 19.3. The third kappa shape index (κ3) is 5.16. The number of phenols is 1. The third-order valence-electron chi connectivity index (χ3n) is 8.40. The first kappa shape index (κ1) is 27.9. The van der Waals surface area contributed by atoms with Crippen molar-refractivity contribution in [3.8, 4) is 11.4 Å². The highest BCUT2D eigenvalue weighted by Crippen LogP contribution is 2.45. The number of hydrogen-bond donors (Lipinski definition) is 2. The number of nitrogens with one attached hydrogen (secondary N) is 1. The molecule has 2 aromatic carbocycles. The van der Waals surface area contributed by atoms with Gasteiger partial charge in [-0.15, -0.1) is 0 Å². The van der Waals surface area contributed by atoms with Gasteiger partial charge in [0, 0.05) is 41.4 Å². The number of piperidine rings is 1. The molecule has 0 saturated carbocycles. The second-order valence-electron chi connectivity index (χ2n) is 11.1. The fourth-order valence-electron chi connectivity index (χ4n) is 6.23. The van der Waals surface area contributed by atoms with Crippen LogP contribution in [0.5, 0.6) is 5.75 Å². The van der Waals surface area contributed by atoms with Crippen molar-refractivity contribution >= 4 is 51.9 Å². The molecule has 0 bridgehead atoms. The van der Waals surface area contributed by atoms with Gasteiger partial charge in [-0.1, -0.05) is 36.2 Å². The van der Waals surface area contributed by atoms with Crippen LogP contribution in [0.15, 0.2) is 66.9 Å². The summed E-state index contributed by atoms with van der Waals surface area (Å²) in [7, 11) is 0. The number of benzene rings is 2. The maximum Gasteiger partial charge on any atom is 0.174 e. The number of aryl methyl sites for hydroxylation is 1. The number of hydrogen-bond acceptors (Lipinski definition) is 4. The molecule has 41 heavy (non-hydrogen) atoms. The molecule has 4 aromatic rings. The Morgan fingerprint density at radius 3 is 2.46 bits per heavy atom. The molecule has 6 nitrogen and oxygen atoms in total. The predicted octanol–water partition coefficient (Wildman–Crippen LogP) is 7.91. The van der Waals surface area contributed by atoms with E-state index >= 15 is 0 Å². The maximum atomic E-state index is 10.7. The monoisotopic (exact) mass is 605 g/mol. The lowest BCUT2D eigenvalue weighted by atomic mass is 9.96. The van der Waals surface area contributed by atoms with Crippen molar-refractivity contribution < 1.29 is 5.11 Å². The Morgan fingerprint density at radius 2 is 1.76 bits per heavy atom. The van der Waals surface area contributed by atoms with E-state index in [2.05, 4.69) is 47.2 Å². The smallest absolute Gasteiger partial charge is 0.174 e. The van der Waals surface area contributed by atoms with Crippen LogP contribution in [-0.2, 0) is 0 Å². The van der Waals surface area contributed by atoms with Crippen LogP contribution in [0.2, 0.25) is 10.0 Å². The minimum atomic E-state index is -0.212. The van der Waals surface area contributed by atoms with E-state index in [1.807, 2.05) is 35.8 Å². The van der Waals surface area contributed by atoms with E-state index in [1.54, 1.807) is 24.4 Å². The molecule has 2 aliphatic heterocycles. The van der Waals surface area contributed by atoms with E-state index in [1.165, 1.54) is 12.8 Å². The van der Waals surface area contributed by atoms with Gasteiger partial charge in [0.15, 0.2) is 5.11 Å². The van der Waals surface area contributed by atoms with Gasteiger partial charge < -0.3 is 24.8 Å². The minimum Gasteiger partial charge on any atom is -0.506 e. The number of nitrogens with zero attached hydrogens (tertiary/aromatic N) is 4. The zero-order chi connectivity index (χ0) is 28.8. The van der Waals surface area contributed by atoms with Crippen LogP contribution in [0, 0.1) is 19.8 Å². The highest BCUT2D eigenvalue weighted by molar-refractivity contribution is 7.80. The van der Waals surface area contributed by atoms with Gasteiger partial charge in [-0.05, 0) is 105 Å². The summed E-state index contributed by atoms with van der Waals surface area (Å²) in [6.45, 7) is 8.42. The normalized spacial score (nSPS) is 19.6. The Balaban J connectivity index is 1.45. The van der Waals surface area contributed by atoms with Gasteiger partial charge in [0.1, 0.15) is 5.75 Å². The van der Waals surface area contributed by atoms with Gasteiger partial charge in [-0.25, -0.2) is 0 Å². The Kier molecular flexibility index (Phi) is 7.62. The molecule has 0 amide bonds. The number of anilines is 2. The molecule has 0 spiro atoms. The molecule has 0 aliphatic carbocycles. The Hall–Kier alpha value is -3.26. The van der Waals surface area contributed by atoms with Gasteiger partial charge in [0.05, 0.1) is 34.2 Å². The number of pyridine rings is 1. The largest absolute Gasteiger partial charge is 0.506 e. The molecule has 2 aliphatic rings. The first-order valence-electron chi connectivity index (χ1n) is 14.0. The summed E-state index contributed by atoms with van der Waals surface area (Å²) in [4.78, 5) is 9.22. The summed E-state index contributed by atoms with van der Waals surface area (Å²) < 4.78 is 2.04. The maximum absolute atomic E-state index is 10.7. The molecular weight excluding hydrogens is 573 g/mol. The van der Waals surface area contributed by atoms with Crippen LogP contribution in [0.3, 0.4) is 0 Å². The Bertz CT molecular complexity index is 1600. The molecule has 212 valence electrons. The van der Waals surface area contributed by atoms with Crippen LogP contribution in [0.4, 0.5) is 11.4 Å². The van der Waals surface area contributed by atoms with Gasteiger partial charge in [0.2, 0.25) is 0 Å². The average molecular weight is 607 g/mol. The van der Waals surface area contributed by atoms with E-state index < -0.39 is 0 Å². The topological polar surface area (TPSA) is 56.6 Å². The average Bonchev–Trinajstić information content (AvgIpc) is 3.45. The first-order chi connectivity index (χ1) is 19.7. The van der Waals surface area contributed by atoms with Gasteiger partial charge in [-0.3, -0.25) is 4.98 Å². The molecular formula is C32H33Cl2N5OS. The molecule has 2 atom stereocenters. The van der Waals surface area contributed by atoms with E-state index in [0.717, 1.165) is 53.0 Å². The Morgan fingerprint density at radius 1 is 0.976 bits per heavy atom. The summed E-state index contributed by atoms with van der Waals surface area (Å²) in [5, 5.41) is 16.2. The van der Waals surface area contributed by atoms with Gasteiger partial charge >= 0.3 is 0 Å². The SMILES string of the molecule is Cc1cc([C@@H]2[C@@H](c3ccccn3)NC(=S)N2c2ccc(N3CCC(C)CC3)c(Cl)c2)c(C)n1-c1cc(Cl)ccc1O. The molecule has 2 N–H and O–H groups in total. The van der Waals surface area contributed by atoms with Gasteiger partial charge in [-0.2, -0.15) is 0 Å².